The fourth-order valence-corrected chi connectivity index (χ4v) is 1.58. The predicted octanol–water partition coefficient (Wildman–Crippen LogP) is 3.03. The molecule has 0 radical (unpaired) electrons. The summed E-state index contributed by atoms with van der Waals surface area (Å²) in [6.45, 7) is 7.82. The first kappa shape index (κ1) is 14.7. The maximum atomic E-state index is 10.0. The average molecular weight is 214 g/mol. The molecule has 0 aromatic rings. The van der Waals surface area contributed by atoms with Gasteiger partial charge in [-0.15, -0.1) is 0 Å². The Morgan fingerprint density at radius 2 is 1.93 bits per heavy atom. The molecule has 0 aliphatic carbocycles. The van der Waals surface area contributed by atoms with Crippen LogP contribution in [-0.4, -0.2) is 21.9 Å². The Morgan fingerprint density at radius 1 is 1.33 bits per heavy atom. The van der Waals surface area contributed by atoms with Crippen LogP contribution in [0.4, 0.5) is 0 Å². The van der Waals surface area contributed by atoms with E-state index in [-0.39, 0.29) is 6.10 Å². The van der Waals surface area contributed by atoms with E-state index in [0.717, 1.165) is 32.1 Å². The summed E-state index contributed by atoms with van der Waals surface area (Å²) in [5.74, 6) is 0. The third-order valence-corrected chi connectivity index (χ3v) is 2.57. The van der Waals surface area contributed by atoms with Crippen LogP contribution in [0.25, 0.3) is 0 Å². The van der Waals surface area contributed by atoms with Crippen LogP contribution in [-0.2, 0) is 0 Å². The molecule has 0 fully saturated rings. The largest absolute Gasteiger partial charge is 0.393 e. The second-order valence-electron chi connectivity index (χ2n) is 5.06. The topological polar surface area (TPSA) is 40.5 Å². The molecule has 2 atom stereocenters. The summed E-state index contributed by atoms with van der Waals surface area (Å²) in [5, 5.41) is 19.1. The molecule has 2 unspecified atom stereocenters. The zero-order valence-electron chi connectivity index (χ0n) is 10.6. The van der Waals surface area contributed by atoms with Crippen LogP contribution < -0.4 is 0 Å². The predicted molar refractivity (Wildman–Crippen MR) is 64.8 cm³/mol. The van der Waals surface area contributed by atoms with Crippen molar-refractivity contribution in [2.75, 3.05) is 0 Å². The number of allylic oxidation sites excluding steroid dienone is 2. The van der Waals surface area contributed by atoms with Gasteiger partial charge in [-0.1, -0.05) is 11.6 Å². The first-order valence-electron chi connectivity index (χ1n) is 5.87. The highest BCUT2D eigenvalue weighted by atomic mass is 16.3. The van der Waals surface area contributed by atoms with E-state index in [1.807, 2.05) is 6.92 Å². The summed E-state index contributed by atoms with van der Waals surface area (Å²) in [4.78, 5) is 0. The fraction of sp³-hybridized carbons (Fsp3) is 0.846. The molecule has 15 heavy (non-hydrogen) atoms. The number of aliphatic hydroxyl groups is 2. The Bertz CT molecular complexity index is 189. The smallest absolute Gasteiger partial charge is 0.0622 e. The second-order valence-corrected chi connectivity index (χ2v) is 5.06. The van der Waals surface area contributed by atoms with E-state index in [1.54, 1.807) is 6.92 Å². The highest BCUT2D eigenvalue weighted by Crippen LogP contribution is 2.20. The first-order valence-corrected chi connectivity index (χ1v) is 5.87. The standard InChI is InChI=1S/C13H26O2/c1-11(2)7-5-9-13(4,15)10-6-8-12(3)14/h7,12,14-15H,5-6,8-10H2,1-4H3. The minimum Gasteiger partial charge on any atom is -0.393 e. The van der Waals surface area contributed by atoms with Gasteiger partial charge >= 0.3 is 0 Å². The van der Waals surface area contributed by atoms with Crippen LogP contribution in [0.5, 0.6) is 0 Å². The number of rotatable bonds is 7. The van der Waals surface area contributed by atoms with Gasteiger partial charge in [-0.25, -0.2) is 0 Å². The Kier molecular flexibility index (Phi) is 6.86. The molecule has 0 amide bonds. The molecule has 0 saturated carbocycles. The molecule has 0 saturated heterocycles. The maximum Gasteiger partial charge on any atom is 0.0622 e. The monoisotopic (exact) mass is 214 g/mol. The number of hydrogen-bond acceptors (Lipinski definition) is 2. The van der Waals surface area contributed by atoms with Crippen LogP contribution in [0.2, 0.25) is 0 Å². The summed E-state index contributed by atoms with van der Waals surface area (Å²) in [7, 11) is 0. The van der Waals surface area contributed by atoms with Crippen LogP contribution in [0.3, 0.4) is 0 Å². The summed E-state index contributed by atoms with van der Waals surface area (Å²) < 4.78 is 0. The maximum absolute atomic E-state index is 10.0. The summed E-state index contributed by atoms with van der Waals surface area (Å²) in [5.41, 5.74) is 0.718. The highest BCUT2D eigenvalue weighted by Gasteiger charge is 2.18. The van der Waals surface area contributed by atoms with Crippen molar-refractivity contribution in [1.29, 1.82) is 0 Å². The quantitative estimate of drug-likeness (QED) is 0.639. The molecule has 0 heterocycles. The van der Waals surface area contributed by atoms with Crippen molar-refractivity contribution >= 4 is 0 Å². The van der Waals surface area contributed by atoms with Gasteiger partial charge in [0.15, 0.2) is 0 Å². The summed E-state index contributed by atoms with van der Waals surface area (Å²) >= 11 is 0. The lowest BCUT2D eigenvalue weighted by molar-refractivity contribution is 0.0368. The third kappa shape index (κ3) is 9.95. The number of hydrogen-bond donors (Lipinski definition) is 2. The van der Waals surface area contributed by atoms with Gasteiger partial charge in [-0.05, 0) is 59.8 Å². The minimum atomic E-state index is -0.582. The molecule has 2 N–H and O–H groups in total. The van der Waals surface area contributed by atoms with Crippen molar-refractivity contribution in [3.8, 4) is 0 Å². The van der Waals surface area contributed by atoms with Crippen molar-refractivity contribution in [3.63, 3.8) is 0 Å². The molecule has 2 heteroatoms. The van der Waals surface area contributed by atoms with E-state index >= 15 is 0 Å². The molecule has 2 nitrogen and oxygen atoms in total. The number of aliphatic hydroxyl groups excluding tert-OH is 1. The zero-order chi connectivity index (χ0) is 11.9. The van der Waals surface area contributed by atoms with Gasteiger partial charge in [0.05, 0.1) is 11.7 Å². The SMILES string of the molecule is CC(C)=CCCC(C)(O)CCCC(C)O. The fourth-order valence-electron chi connectivity index (χ4n) is 1.58. The molecule has 0 aromatic carbocycles. The molecule has 0 rings (SSSR count). The Morgan fingerprint density at radius 3 is 2.40 bits per heavy atom. The molecule has 0 aromatic heterocycles. The minimum absolute atomic E-state index is 0.251. The highest BCUT2D eigenvalue weighted by molar-refractivity contribution is 4.94. The van der Waals surface area contributed by atoms with Crippen molar-refractivity contribution < 1.29 is 10.2 Å². The zero-order valence-corrected chi connectivity index (χ0v) is 10.6. The Hall–Kier alpha value is -0.340. The third-order valence-electron chi connectivity index (χ3n) is 2.57. The van der Waals surface area contributed by atoms with Gasteiger partial charge < -0.3 is 10.2 Å². The Labute approximate surface area is 94.0 Å². The van der Waals surface area contributed by atoms with E-state index in [9.17, 15) is 5.11 Å². The molecule has 0 bridgehead atoms. The van der Waals surface area contributed by atoms with Gasteiger partial charge in [0.1, 0.15) is 0 Å². The van der Waals surface area contributed by atoms with Gasteiger partial charge in [-0.3, -0.25) is 0 Å². The molecule has 0 spiro atoms. The van der Waals surface area contributed by atoms with Gasteiger partial charge in [0.25, 0.3) is 0 Å². The lowest BCUT2D eigenvalue weighted by Gasteiger charge is -2.22. The summed E-state index contributed by atoms with van der Waals surface area (Å²) in [6.07, 6.45) is 6.08. The second kappa shape index (κ2) is 7.02. The van der Waals surface area contributed by atoms with Crippen LogP contribution >= 0.6 is 0 Å². The van der Waals surface area contributed by atoms with Crippen LogP contribution in [0.1, 0.15) is 59.8 Å². The van der Waals surface area contributed by atoms with E-state index in [1.165, 1.54) is 5.57 Å². The molecular weight excluding hydrogens is 188 g/mol. The van der Waals surface area contributed by atoms with Crippen molar-refractivity contribution in [2.24, 2.45) is 0 Å². The first-order chi connectivity index (χ1) is 6.83. The van der Waals surface area contributed by atoms with Gasteiger partial charge in [0, 0.05) is 0 Å². The lowest BCUT2D eigenvalue weighted by Crippen LogP contribution is -2.23. The van der Waals surface area contributed by atoms with Gasteiger partial charge in [-0.2, -0.15) is 0 Å². The molecular formula is C13H26O2. The lowest BCUT2D eigenvalue weighted by atomic mass is 9.92. The summed E-state index contributed by atoms with van der Waals surface area (Å²) in [6, 6.07) is 0. The average Bonchev–Trinajstić information content (AvgIpc) is 2.01. The van der Waals surface area contributed by atoms with Gasteiger partial charge in [0.2, 0.25) is 0 Å². The molecule has 0 aliphatic rings. The van der Waals surface area contributed by atoms with E-state index in [0.29, 0.717) is 0 Å². The van der Waals surface area contributed by atoms with Crippen LogP contribution in [0.15, 0.2) is 11.6 Å². The van der Waals surface area contributed by atoms with Crippen LogP contribution in [0, 0.1) is 0 Å². The van der Waals surface area contributed by atoms with E-state index in [4.69, 9.17) is 5.11 Å². The molecule has 90 valence electrons. The van der Waals surface area contributed by atoms with Crippen molar-refractivity contribution in [3.05, 3.63) is 11.6 Å². The van der Waals surface area contributed by atoms with Crippen molar-refractivity contribution in [1.82, 2.24) is 0 Å². The van der Waals surface area contributed by atoms with Crippen molar-refractivity contribution in [2.45, 2.75) is 71.5 Å². The van der Waals surface area contributed by atoms with E-state index < -0.39 is 5.60 Å². The molecule has 0 aliphatic heterocycles. The Balaban J connectivity index is 3.71. The normalized spacial score (nSPS) is 16.9. The van der Waals surface area contributed by atoms with E-state index in [2.05, 4.69) is 19.9 Å².